The molecule has 0 saturated carbocycles. The number of piperidine rings is 1. The monoisotopic (exact) mass is 314 g/mol. The summed E-state index contributed by atoms with van der Waals surface area (Å²) >= 11 is 0. The second kappa shape index (κ2) is 8.41. The summed E-state index contributed by atoms with van der Waals surface area (Å²) in [7, 11) is 1.44. The van der Waals surface area contributed by atoms with E-state index in [1.165, 1.54) is 13.2 Å². The Labute approximate surface area is 130 Å². The van der Waals surface area contributed by atoms with Crippen LogP contribution >= 0.6 is 0 Å². The van der Waals surface area contributed by atoms with Crippen LogP contribution in [-0.2, 0) is 6.54 Å². The van der Waals surface area contributed by atoms with Gasteiger partial charge in [0.1, 0.15) is 5.75 Å². The van der Waals surface area contributed by atoms with Gasteiger partial charge in [-0.25, -0.2) is 8.78 Å². The molecule has 0 amide bonds. The first kappa shape index (κ1) is 17.1. The van der Waals surface area contributed by atoms with Gasteiger partial charge in [-0.15, -0.1) is 0 Å². The van der Waals surface area contributed by atoms with Crippen LogP contribution < -0.4 is 10.1 Å². The van der Waals surface area contributed by atoms with Gasteiger partial charge in [-0.1, -0.05) is 6.42 Å². The fourth-order valence-corrected chi connectivity index (χ4v) is 2.93. The van der Waals surface area contributed by atoms with E-state index in [0.717, 1.165) is 38.4 Å². The minimum absolute atomic E-state index is 0.173. The van der Waals surface area contributed by atoms with Crippen molar-refractivity contribution in [3.8, 4) is 5.75 Å². The molecule has 1 aliphatic rings. The third kappa shape index (κ3) is 4.15. The Hall–Kier alpha value is -1.24. The SMILES string of the molecule is COc1ccc(F)c(F)c1CNCCN1CCCCC1CO. The van der Waals surface area contributed by atoms with Gasteiger partial charge in [0.05, 0.1) is 13.7 Å². The lowest BCUT2D eigenvalue weighted by Gasteiger charge is -2.34. The minimum atomic E-state index is -0.867. The number of halogens is 2. The van der Waals surface area contributed by atoms with Gasteiger partial charge < -0.3 is 15.2 Å². The molecule has 1 atom stereocenters. The normalized spacial score (nSPS) is 19.4. The number of hydrogen-bond donors (Lipinski definition) is 2. The maximum Gasteiger partial charge on any atom is 0.167 e. The van der Waals surface area contributed by atoms with Crippen LogP contribution in [-0.4, -0.2) is 49.4 Å². The number of benzene rings is 1. The van der Waals surface area contributed by atoms with Gasteiger partial charge >= 0.3 is 0 Å². The molecule has 0 aliphatic carbocycles. The predicted octanol–water partition coefficient (Wildman–Crippen LogP) is 1.91. The van der Waals surface area contributed by atoms with Gasteiger partial charge in [0, 0.05) is 31.2 Å². The molecule has 1 aromatic carbocycles. The number of hydrogen-bond acceptors (Lipinski definition) is 4. The molecule has 0 bridgehead atoms. The summed E-state index contributed by atoms with van der Waals surface area (Å²) in [4.78, 5) is 2.25. The lowest BCUT2D eigenvalue weighted by molar-refractivity contribution is 0.0910. The molecule has 2 rings (SSSR count). The van der Waals surface area contributed by atoms with Gasteiger partial charge in [0.2, 0.25) is 0 Å². The number of nitrogens with zero attached hydrogens (tertiary/aromatic N) is 1. The molecule has 0 spiro atoms. The van der Waals surface area contributed by atoms with Crippen molar-refractivity contribution in [3.63, 3.8) is 0 Å². The molecule has 1 fully saturated rings. The second-order valence-electron chi connectivity index (χ2n) is 5.59. The first-order valence-corrected chi connectivity index (χ1v) is 7.74. The standard InChI is InChI=1S/C16H24F2N2O2/c1-22-15-6-5-14(17)16(18)13(15)10-19-7-9-20-8-3-2-4-12(20)11-21/h5-6,12,19,21H,2-4,7-11H2,1H3. The molecule has 0 radical (unpaired) electrons. The van der Waals surface area contributed by atoms with E-state index in [1.54, 1.807) is 0 Å². The number of likely N-dealkylation sites (tertiary alicyclic amines) is 1. The van der Waals surface area contributed by atoms with Crippen LogP contribution in [0.3, 0.4) is 0 Å². The molecule has 0 aromatic heterocycles. The van der Waals surface area contributed by atoms with Crippen LogP contribution in [0.2, 0.25) is 0 Å². The first-order valence-electron chi connectivity index (χ1n) is 7.74. The molecule has 6 heteroatoms. The van der Waals surface area contributed by atoms with Crippen molar-refractivity contribution in [2.75, 3.05) is 33.4 Å². The van der Waals surface area contributed by atoms with Crippen LogP contribution in [0.5, 0.6) is 5.75 Å². The number of aliphatic hydroxyl groups is 1. The third-order valence-corrected chi connectivity index (χ3v) is 4.21. The van der Waals surface area contributed by atoms with Crippen molar-refractivity contribution in [1.82, 2.24) is 10.2 Å². The molecule has 1 unspecified atom stereocenters. The van der Waals surface area contributed by atoms with E-state index in [1.807, 2.05) is 0 Å². The van der Waals surface area contributed by atoms with Crippen LogP contribution in [0.15, 0.2) is 12.1 Å². The fraction of sp³-hybridized carbons (Fsp3) is 0.625. The van der Waals surface area contributed by atoms with Crippen LogP contribution in [0.4, 0.5) is 8.78 Å². The summed E-state index contributed by atoms with van der Waals surface area (Å²) in [5, 5.41) is 12.5. The van der Waals surface area contributed by atoms with Crippen LogP contribution in [0.1, 0.15) is 24.8 Å². The Morgan fingerprint density at radius 2 is 2.18 bits per heavy atom. The van der Waals surface area contributed by atoms with Crippen molar-refractivity contribution >= 4 is 0 Å². The number of nitrogens with one attached hydrogen (secondary N) is 1. The highest BCUT2D eigenvalue weighted by molar-refractivity contribution is 5.35. The molecular formula is C16H24F2N2O2. The highest BCUT2D eigenvalue weighted by Gasteiger charge is 2.21. The average molecular weight is 314 g/mol. The average Bonchev–Trinajstić information content (AvgIpc) is 2.55. The first-order chi connectivity index (χ1) is 10.7. The number of rotatable bonds is 7. The van der Waals surface area contributed by atoms with Crippen molar-refractivity contribution < 1.29 is 18.6 Å². The van der Waals surface area contributed by atoms with Crippen LogP contribution in [0.25, 0.3) is 0 Å². The van der Waals surface area contributed by atoms with Crippen molar-refractivity contribution in [2.24, 2.45) is 0 Å². The van der Waals surface area contributed by atoms with Gasteiger partial charge in [0.15, 0.2) is 11.6 Å². The Morgan fingerprint density at radius 3 is 2.91 bits per heavy atom. The Bertz CT molecular complexity index is 485. The number of aliphatic hydroxyl groups excluding tert-OH is 1. The highest BCUT2D eigenvalue weighted by atomic mass is 19.2. The zero-order chi connectivity index (χ0) is 15.9. The van der Waals surface area contributed by atoms with Crippen molar-refractivity contribution in [3.05, 3.63) is 29.3 Å². The summed E-state index contributed by atoms with van der Waals surface area (Å²) in [5.74, 6) is -1.38. The Balaban J connectivity index is 1.85. The fourth-order valence-electron chi connectivity index (χ4n) is 2.93. The van der Waals surface area contributed by atoms with Crippen molar-refractivity contribution in [1.29, 1.82) is 0 Å². The minimum Gasteiger partial charge on any atom is -0.496 e. The zero-order valence-electron chi connectivity index (χ0n) is 12.9. The Morgan fingerprint density at radius 1 is 1.36 bits per heavy atom. The molecule has 1 heterocycles. The third-order valence-electron chi connectivity index (χ3n) is 4.21. The van der Waals surface area contributed by atoms with Gasteiger partial charge in [0.25, 0.3) is 0 Å². The molecular weight excluding hydrogens is 290 g/mol. The van der Waals surface area contributed by atoms with E-state index >= 15 is 0 Å². The maximum atomic E-state index is 13.8. The summed E-state index contributed by atoms with van der Waals surface area (Å²) in [6.07, 6.45) is 3.31. The molecule has 22 heavy (non-hydrogen) atoms. The molecule has 124 valence electrons. The quantitative estimate of drug-likeness (QED) is 0.755. The van der Waals surface area contributed by atoms with Gasteiger partial charge in [-0.2, -0.15) is 0 Å². The lowest BCUT2D eigenvalue weighted by atomic mass is 10.0. The largest absolute Gasteiger partial charge is 0.496 e. The van der Waals surface area contributed by atoms with Gasteiger partial charge in [-0.05, 0) is 31.5 Å². The summed E-state index contributed by atoms with van der Waals surface area (Å²) in [6.45, 7) is 2.79. The molecule has 1 aromatic rings. The lowest BCUT2D eigenvalue weighted by Crippen LogP contribution is -2.44. The number of ether oxygens (including phenoxy) is 1. The predicted molar refractivity (Wildman–Crippen MR) is 80.9 cm³/mol. The van der Waals surface area contributed by atoms with E-state index in [0.29, 0.717) is 12.3 Å². The van der Waals surface area contributed by atoms with E-state index in [2.05, 4.69) is 10.2 Å². The molecule has 2 N–H and O–H groups in total. The zero-order valence-corrected chi connectivity index (χ0v) is 12.9. The van der Waals surface area contributed by atoms with Gasteiger partial charge in [-0.3, -0.25) is 4.90 Å². The van der Waals surface area contributed by atoms with E-state index in [4.69, 9.17) is 4.74 Å². The summed E-state index contributed by atoms with van der Waals surface area (Å²) in [6, 6.07) is 2.72. The summed E-state index contributed by atoms with van der Waals surface area (Å²) in [5.41, 5.74) is 0.208. The molecule has 1 aliphatic heterocycles. The molecule has 1 saturated heterocycles. The summed E-state index contributed by atoms with van der Waals surface area (Å²) < 4.78 is 32.2. The van der Waals surface area contributed by atoms with E-state index in [9.17, 15) is 13.9 Å². The Kier molecular flexibility index (Phi) is 6.54. The highest BCUT2D eigenvalue weighted by Crippen LogP contribution is 2.23. The van der Waals surface area contributed by atoms with E-state index in [-0.39, 0.29) is 24.8 Å². The topological polar surface area (TPSA) is 44.7 Å². The number of methoxy groups -OCH3 is 1. The second-order valence-corrected chi connectivity index (χ2v) is 5.59. The van der Waals surface area contributed by atoms with Crippen molar-refractivity contribution in [2.45, 2.75) is 31.8 Å². The van der Waals surface area contributed by atoms with E-state index < -0.39 is 11.6 Å². The molecule has 4 nitrogen and oxygen atoms in total. The maximum absolute atomic E-state index is 13.8. The smallest absolute Gasteiger partial charge is 0.167 e. The van der Waals surface area contributed by atoms with Crippen LogP contribution in [0, 0.1) is 11.6 Å².